The molecule has 0 bridgehead atoms. The van der Waals surface area contributed by atoms with Gasteiger partial charge in [0.1, 0.15) is 11.6 Å². The number of carbonyl (C=O) groups is 1. The summed E-state index contributed by atoms with van der Waals surface area (Å²) in [5, 5.41) is 0. The van der Waals surface area contributed by atoms with Crippen molar-refractivity contribution < 1.29 is 13.6 Å². The van der Waals surface area contributed by atoms with Crippen LogP contribution in [0.25, 0.3) is 11.5 Å². The Labute approximate surface area is 145 Å². The second kappa shape index (κ2) is 7.30. The molecule has 0 N–H and O–H groups in total. The van der Waals surface area contributed by atoms with Crippen LogP contribution in [-0.4, -0.2) is 22.8 Å². The predicted octanol–water partition coefficient (Wildman–Crippen LogP) is 3.99. The molecule has 1 amide bonds. The first-order valence-electron chi connectivity index (χ1n) is 8.03. The van der Waals surface area contributed by atoms with Gasteiger partial charge in [0.05, 0.1) is 12.1 Å². The summed E-state index contributed by atoms with van der Waals surface area (Å²) in [7, 11) is 1.66. The molecule has 0 atom stereocenters. The quantitative estimate of drug-likeness (QED) is 0.707. The van der Waals surface area contributed by atoms with Gasteiger partial charge >= 0.3 is 0 Å². The fraction of sp³-hybridized carbons (Fsp3) is 0.200. The van der Waals surface area contributed by atoms with E-state index in [2.05, 4.69) is 4.98 Å². The molecule has 128 valence electrons. The third-order valence-corrected chi connectivity index (χ3v) is 4.02. The number of oxazole rings is 1. The fourth-order valence-electron chi connectivity index (χ4n) is 2.54. The van der Waals surface area contributed by atoms with Crippen LogP contribution in [0.2, 0.25) is 0 Å². The zero-order chi connectivity index (χ0) is 17.8. The van der Waals surface area contributed by atoms with Gasteiger partial charge in [0.15, 0.2) is 0 Å². The highest BCUT2D eigenvalue weighted by Crippen LogP contribution is 2.22. The van der Waals surface area contributed by atoms with E-state index in [0.717, 1.165) is 5.56 Å². The lowest BCUT2D eigenvalue weighted by molar-refractivity contribution is -0.129. The number of nitrogens with zero attached hydrogens (tertiary/aromatic N) is 2. The summed E-state index contributed by atoms with van der Waals surface area (Å²) in [5.74, 6) is 0.662. The molecule has 0 unspecified atom stereocenters. The zero-order valence-electron chi connectivity index (χ0n) is 14.2. The molecule has 1 heterocycles. The number of aryl methyl sites for hydroxylation is 1. The molecular formula is C20H19FN2O2. The number of amides is 1. The molecule has 0 saturated carbocycles. The Morgan fingerprint density at radius 3 is 2.52 bits per heavy atom. The van der Waals surface area contributed by atoms with Crippen LogP contribution in [0.15, 0.2) is 59.0 Å². The number of rotatable bonds is 5. The molecule has 0 spiro atoms. The molecule has 25 heavy (non-hydrogen) atoms. The second-order valence-electron chi connectivity index (χ2n) is 5.91. The maximum absolute atomic E-state index is 13.7. The van der Waals surface area contributed by atoms with Crippen LogP contribution in [-0.2, 0) is 17.8 Å². The van der Waals surface area contributed by atoms with E-state index < -0.39 is 0 Å². The van der Waals surface area contributed by atoms with Crippen molar-refractivity contribution in [3.05, 3.63) is 77.4 Å². The smallest absolute Gasteiger partial charge is 0.228 e. The molecule has 0 saturated heterocycles. The highest BCUT2D eigenvalue weighted by molar-refractivity contribution is 5.78. The monoisotopic (exact) mass is 338 g/mol. The van der Waals surface area contributed by atoms with Gasteiger partial charge in [-0.25, -0.2) is 9.37 Å². The van der Waals surface area contributed by atoms with Crippen molar-refractivity contribution in [2.45, 2.75) is 19.9 Å². The Morgan fingerprint density at radius 1 is 1.12 bits per heavy atom. The molecule has 3 rings (SSSR count). The molecule has 0 radical (unpaired) electrons. The lowest BCUT2D eigenvalue weighted by atomic mass is 10.2. The van der Waals surface area contributed by atoms with Crippen LogP contribution in [0.3, 0.4) is 0 Å². The molecule has 2 aromatic carbocycles. The van der Waals surface area contributed by atoms with Crippen molar-refractivity contribution in [3.8, 4) is 11.5 Å². The molecule has 1 aromatic heterocycles. The highest BCUT2D eigenvalue weighted by Gasteiger charge is 2.18. The Bertz CT molecular complexity index is 874. The van der Waals surface area contributed by atoms with Crippen molar-refractivity contribution in [2.75, 3.05) is 7.05 Å². The van der Waals surface area contributed by atoms with Crippen molar-refractivity contribution in [2.24, 2.45) is 0 Å². The standard InChI is InChI=1S/C20H19FN2O2/c1-14-18(22-20(25-14)15-8-4-3-5-9-15)12-19(24)23(2)13-16-10-6-7-11-17(16)21/h3-11H,12-13H2,1-2H3. The van der Waals surface area contributed by atoms with E-state index in [1.165, 1.54) is 11.0 Å². The van der Waals surface area contributed by atoms with Gasteiger partial charge in [0.2, 0.25) is 11.8 Å². The maximum Gasteiger partial charge on any atom is 0.228 e. The van der Waals surface area contributed by atoms with Gasteiger partial charge in [-0.3, -0.25) is 4.79 Å². The van der Waals surface area contributed by atoms with E-state index in [9.17, 15) is 9.18 Å². The largest absolute Gasteiger partial charge is 0.441 e. The summed E-state index contributed by atoms with van der Waals surface area (Å²) in [5.41, 5.74) is 1.95. The zero-order valence-corrected chi connectivity index (χ0v) is 14.2. The lowest BCUT2D eigenvalue weighted by Gasteiger charge is -2.17. The number of carbonyl (C=O) groups excluding carboxylic acids is 1. The number of hydrogen-bond donors (Lipinski definition) is 0. The van der Waals surface area contributed by atoms with Gasteiger partial charge in [-0.15, -0.1) is 0 Å². The van der Waals surface area contributed by atoms with Crippen LogP contribution in [0.5, 0.6) is 0 Å². The summed E-state index contributed by atoms with van der Waals surface area (Å²) in [6, 6.07) is 16.0. The second-order valence-corrected chi connectivity index (χ2v) is 5.91. The Balaban J connectivity index is 1.71. The van der Waals surface area contributed by atoms with Crippen LogP contribution in [0, 0.1) is 12.7 Å². The van der Waals surface area contributed by atoms with Crippen molar-refractivity contribution >= 4 is 5.91 Å². The summed E-state index contributed by atoms with van der Waals surface area (Å²) < 4.78 is 19.4. The Hall–Kier alpha value is -2.95. The van der Waals surface area contributed by atoms with Gasteiger partial charge in [-0.2, -0.15) is 0 Å². The molecule has 0 fully saturated rings. The van der Waals surface area contributed by atoms with Crippen molar-refractivity contribution in [1.29, 1.82) is 0 Å². The van der Waals surface area contributed by atoms with Gasteiger partial charge in [-0.05, 0) is 25.1 Å². The van der Waals surface area contributed by atoms with E-state index >= 15 is 0 Å². The summed E-state index contributed by atoms with van der Waals surface area (Å²) in [4.78, 5) is 18.4. The summed E-state index contributed by atoms with van der Waals surface area (Å²) >= 11 is 0. The first-order chi connectivity index (χ1) is 12.0. The van der Waals surface area contributed by atoms with E-state index in [1.807, 2.05) is 30.3 Å². The van der Waals surface area contributed by atoms with Gasteiger partial charge < -0.3 is 9.32 Å². The lowest BCUT2D eigenvalue weighted by Crippen LogP contribution is -2.28. The van der Waals surface area contributed by atoms with E-state index in [0.29, 0.717) is 22.9 Å². The van der Waals surface area contributed by atoms with Gasteiger partial charge in [0.25, 0.3) is 0 Å². The minimum Gasteiger partial charge on any atom is -0.441 e. The van der Waals surface area contributed by atoms with Crippen LogP contribution in [0.1, 0.15) is 17.0 Å². The molecule has 3 aromatic rings. The predicted molar refractivity (Wildman–Crippen MR) is 93.3 cm³/mol. The average Bonchev–Trinajstić information content (AvgIpc) is 2.98. The molecule has 0 aliphatic heterocycles. The third-order valence-electron chi connectivity index (χ3n) is 4.02. The Kier molecular flexibility index (Phi) is 4.93. The Morgan fingerprint density at radius 2 is 1.80 bits per heavy atom. The molecule has 0 aliphatic carbocycles. The molecule has 5 heteroatoms. The normalized spacial score (nSPS) is 10.7. The SMILES string of the molecule is Cc1oc(-c2ccccc2)nc1CC(=O)N(C)Cc1ccccc1F. The summed E-state index contributed by atoms with van der Waals surface area (Å²) in [6.07, 6.45) is 0.118. The van der Waals surface area contributed by atoms with Crippen LogP contribution in [0.4, 0.5) is 4.39 Å². The topological polar surface area (TPSA) is 46.3 Å². The van der Waals surface area contributed by atoms with Gasteiger partial charge in [-0.1, -0.05) is 36.4 Å². The first kappa shape index (κ1) is 16.9. The van der Waals surface area contributed by atoms with E-state index in [4.69, 9.17) is 4.42 Å². The number of halogens is 1. The molecule has 4 nitrogen and oxygen atoms in total. The summed E-state index contributed by atoms with van der Waals surface area (Å²) in [6.45, 7) is 2.01. The minimum atomic E-state index is -0.314. The van der Waals surface area contributed by atoms with E-state index in [-0.39, 0.29) is 24.7 Å². The van der Waals surface area contributed by atoms with Crippen LogP contribution < -0.4 is 0 Å². The van der Waals surface area contributed by atoms with Crippen molar-refractivity contribution in [1.82, 2.24) is 9.88 Å². The van der Waals surface area contributed by atoms with Gasteiger partial charge in [0, 0.05) is 24.7 Å². The molecular weight excluding hydrogens is 319 g/mol. The first-order valence-corrected chi connectivity index (χ1v) is 8.03. The number of likely N-dealkylation sites (N-methyl/N-ethyl adjacent to an activating group) is 1. The fourth-order valence-corrected chi connectivity index (χ4v) is 2.54. The number of benzene rings is 2. The van der Waals surface area contributed by atoms with E-state index in [1.54, 1.807) is 32.2 Å². The number of aromatic nitrogens is 1. The average molecular weight is 338 g/mol. The maximum atomic E-state index is 13.7. The minimum absolute atomic E-state index is 0.118. The highest BCUT2D eigenvalue weighted by atomic mass is 19.1. The molecule has 0 aliphatic rings. The number of hydrogen-bond acceptors (Lipinski definition) is 3. The van der Waals surface area contributed by atoms with Crippen molar-refractivity contribution in [3.63, 3.8) is 0 Å². The third kappa shape index (κ3) is 3.94. The van der Waals surface area contributed by atoms with Crippen LogP contribution >= 0.6 is 0 Å².